The summed E-state index contributed by atoms with van der Waals surface area (Å²) in [5, 5.41) is 2.77. The van der Waals surface area contributed by atoms with Gasteiger partial charge in [-0.05, 0) is 42.4 Å². The highest BCUT2D eigenvalue weighted by Crippen LogP contribution is 2.67. The van der Waals surface area contributed by atoms with Crippen molar-refractivity contribution in [3.63, 3.8) is 0 Å². The fraction of sp³-hybridized carbons (Fsp3) is 0.286. The second kappa shape index (κ2) is 6.99. The number of benzene rings is 1. The van der Waals surface area contributed by atoms with Crippen LogP contribution in [0.5, 0.6) is 0 Å². The number of H-pyrrole nitrogens is 1. The molecule has 0 bridgehead atoms. The molecule has 3 heterocycles. The first-order valence-corrected chi connectivity index (χ1v) is 10.3. The highest BCUT2D eigenvalue weighted by molar-refractivity contribution is 7.71. The van der Waals surface area contributed by atoms with Gasteiger partial charge in [-0.3, -0.25) is 9.78 Å². The summed E-state index contributed by atoms with van der Waals surface area (Å²) in [5.41, 5.74) is 1.77. The number of aromatic amines is 1. The van der Waals surface area contributed by atoms with Crippen LogP contribution in [0, 0.1) is 16.4 Å². The monoisotopic (exact) mass is 446 g/mol. The minimum absolute atomic E-state index is 0.0186. The number of aromatic nitrogens is 3. The van der Waals surface area contributed by atoms with E-state index in [4.69, 9.17) is 23.8 Å². The molecule has 0 radical (unpaired) electrons. The van der Waals surface area contributed by atoms with Gasteiger partial charge in [-0.1, -0.05) is 17.7 Å². The molecule has 1 fully saturated rings. The van der Waals surface area contributed by atoms with Crippen LogP contribution in [-0.2, 0) is 29.7 Å². The Hall–Kier alpha value is -2.58. The van der Waals surface area contributed by atoms with Crippen LogP contribution in [-0.4, -0.2) is 20.4 Å². The molecule has 0 saturated heterocycles. The summed E-state index contributed by atoms with van der Waals surface area (Å²) in [7, 11) is 0. The lowest BCUT2D eigenvalue weighted by Gasteiger charge is -2.16. The highest BCUT2D eigenvalue weighted by atomic mass is 35.5. The largest absolute Gasteiger partial charge is 0.352 e. The number of carbonyl (C=O) groups is 1. The number of nitrogens with one attached hydrogen (secondary N) is 2. The molecule has 9 heteroatoms. The van der Waals surface area contributed by atoms with Crippen LogP contribution in [0.25, 0.3) is 0 Å². The van der Waals surface area contributed by atoms with Gasteiger partial charge in [0.15, 0.2) is 4.77 Å². The molecule has 1 saturated carbocycles. The number of hydrogen-bond acceptors (Lipinski definition) is 3. The summed E-state index contributed by atoms with van der Waals surface area (Å²) in [6, 6.07) is 6.11. The Morgan fingerprint density at radius 3 is 3.00 bits per heavy atom. The summed E-state index contributed by atoms with van der Waals surface area (Å²) in [6.45, 7) is 0.740. The lowest BCUT2D eigenvalue weighted by Crippen LogP contribution is -2.25. The molecule has 2 aromatic heterocycles. The molecule has 1 aromatic carbocycles. The Morgan fingerprint density at radius 2 is 2.23 bits per heavy atom. The van der Waals surface area contributed by atoms with E-state index < -0.39 is 17.0 Å². The zero-order chi connectivity index (χ0) is 21.0. The molecule has 5 nitrogen and oxygen atoms in total. The molecule has 154 valence electrons. The standard InChI is InChI=1S/C21H17ClF2N4OS/c22-13-3-4-14(23)17(18(13)24)21-7-12(21)19-15(27-20(30)28(19)10-21)6-16(29)26-9-11-2-1-5-25-8-11/h1-5,8,12H,6-7,9-10H2,(H,26,29)(H,27,30)/t12?,21-/m0/s1. The van der Waals surface area contributed by atoms with E-state index in [1.54, 1.807) is 18.5 Å². The number of pyridine rings is 1. The molecule has 2 aliphatic rings. The maximum absolute atomic E-state index is 14.7. The second-order valence-corrected chi connectivity index (χ2v) is 8.62. The summed E-state index contributed by atoms with van der Waals surface area (Å²) in [4.78, 5) is 19.6. The Kier molecular flexibility index (Phi) is 4.52. The van der Waals surface area contributed by atoms with Crippen LogP contribution in [0.4, 0.5) is 8.78 Å². The number of imidazole rings is 1. The molecular formula is C21H17ClF2N4OS. The molecule has 3 aromatic rings. The van der Waals surface area contributed by atoms with Crippen molar-refractivity contribution < 1.29 is 13.6 Å². The molecule has 1 aliphatic heterocycles. The Balaban J connectivity index is 1.39. The predicted molar refractivity (Wildman–Crippen MR) is 110 cm³/mol. The lowest BCUT2D eigenvalue weighted by molar-refractivity contribution is -0.120. The van der Waals surface area contributed by atoms with E-state index in [0.717, 1.165) is 11.3 Å². The van der Waals surface area contributed by atoms with Crippen molar-refractivity contribution in [3.05, 3.63) is 80.6 Å². The van der Waals surface area contributed by atoms with Gasteiger partial charge < -0.3 is 14.9 Å². The van der Waals surface area contributed by atoms with Crippen molar-refractivity contribution in [1.82, 2.24) is 19.9 Å². The van der Waals surface area contributed by atoms with Gasteiger partial charge in [0, 0.05) is 53.8 Å². The maximum Gasteiger partial charge on any atom is 0.226 e. The number of halogens is 3. The van der Waals surface area contributed by atoms with Crippen LogP contribution in [0.15, 0.2) is 36.7 Å². The van der Waals surface area contributed by atoms with E-state index in [1.807, 2.05) is 10.6 Å². The molecule has 5 rings (SSSR count). The van der Waals surface area contributed by atoms with Gasteiger partial charge >= 0.3 is 0 Å². The van der Waals surface area contributed by atoms with Crippen molar-refractivity contribution in [1.29, 1.82) is 0 Å². The molecule has 30 heavy (non-hydrogen) atoms. The Labute approximate surface area is 181 Å². The average Bonchev–Trinajstić information content (AvgIpc) is 3.21. The third-order valence-corrected chi connectivity index (χ3v) is 6.65. The number of nitrogens with zero attached hydrogens (tertiary/aromatic N) is 2. The van der Waals surface area contributed by atoms with Gasteiger partial charge in [0.1, 0.15) is 11.6 Å². The van der Waals surface area contributed by atoms with Gasteiger partial charge in [0.05, 0.1) is 11.4 Å². The maximum atomic E-state index is 14.7. The Morgan fingerprint density at radius 1 is 1.40 bits per heavy atom. The zero-order valence-corrected chi connectivity index (χ0v) is 17.3. The molecule has 1 unspecified atom stereocenters. The van der Waals surface area contributed by atoms with E-state index in [1.165, 1.54) is 12.1 Å². The summed E-state index contributed by atoms with van der Waals surface area (Å²) in [5.74, 6) is -1.59. The van der Waals surface area contributed by atoms with Crippen molar-refractivity contribution in [2.24, 2.45) is 0 Å². The van der Waals surface area contributed by atoms with E-state index in [0.29, 0.717) is 30.0 Å². The van der Waals surface area contributed by atoms with Crippen LogP contribution in [0.3, 0.4) is 0 Å². The lowest BCUT2D eigenvalue weighted by atomic mass is 9.93. The van der Waals surface area contributed by atoms with Crippen LogP contribution < -0.4 is 5.32 Å². The second-order valence-electron chi connectivity index (χ2n) is 7.83. The zero-order valence-electron chi connectivity index (χ0n) is 15.7. The predicted octanol–water partition coefficient (Wildman–Crippen LogP) is 4.17. The van der Waals surface area contributed by atoms with Crippen LogP contribution in [0.2, 0.25) is 5.02 Å². The summed E-state index contributed by atoms with van der Waals surface area (Å²) >= 11 is 11.3. The average molecular weight is 447 g/mol. The molecule has 2 atom stereocenters. The third kappa shape index (κ3) is 2.97. The van der Waals surface area contributed by atoms with E-state index in [2.05, 4.69) is 15.3 Å². The number of rotatable bonds is 5. The van der Waals surface area contributed by atoms with Crippen molar-refractivity contribution in [2.75, 3.05) is 0 Å². The molecule has 2 N–H and O–H groups in total. The summed E-state index contributed by atoms with van der Waals surface area (Å²) in [6.07, 6.45) is 4.07. The molecule has 0 spiro atoms. The number of hydrogen-bond donors (Lipinski definition) is 2. The first-order chi connectivity index (χ1) is 14.4. The third-order valence-electron chi connectivity index (χ3n) is 6.04. The SMILES string of the molecule is O=C(Cc1[nH]c(=S)n2c1C1C[C@]1(c1c(F)ccc(Cl)c1F)C2)NCc1cccnc1. The number of amides is 1. The number of carbonyl (C=O) groups excluding carboxylic acids is 1. The summed E-state index contributed by atoms with van der Waals surface area (Å²) < 4.78 is 31.6. The van der Waals surface area contributed by atoms with Crippen molar-refractivity contribution in [2.45, 2.75) is 37.3 Å². The van der Waals surface area contributed by atoms with Gasteiger partial charge in [0.2, 0.25) is 5.91 Å². The van der Waals surface area contributed by atoms with Crippen molar-refractivity contribution >= 4 is 29.7 Å². The topological polar surface area (TPSA) is 62.7 Å². The first-order valence-electron chi connectivity index (χ1n) is 9.52. The fourth-order valence-corrected chi connectivity index (χ4v) is 5.05. The minimum atomic E-state index is -0.712. The van der Waals surface area contributed by atoms with Gasteiger partial charge in [-0.25, -0.2) is 8.78 Å². The van der Waals surface area contributed by atoms with Gasteiger partial charge in [0.25, 0.3) is 0 Å². The first kappa shape index (κ1) is 19.4. The molecular weight excluding hydrogens is 430 g/mol. The number of fused-ring (bicyclic) bond motifs is 3. The molecule has 1 amide bonds. The molecule has 1 aliphatic carbocycles. The fourth-order valence-electron chi connectivity index (χ4n) is 4.61. The van der Waals surface area contributed by atoms with Gasteiger partial charge in [-0.2, -0.15) is 0 Å². The van der Waals surface area contributed by atoms with E-state index >= 15 is 0 Å². The van der Waals surface area contributed by atoms with Gasteiger partial charge in [-0.15, -0.1) is 0 Å². The smallest absolute Gasteiger partial charge is 0.226 e. The van der Waals surface area contributed by atoms with Crippen LogP contribution >= 0.6 is 23.8 Å². The quantitative estimate of drug-likeness (QED) is 0.456. The van der Waals surface area contributed by atoms with Crippen LogP contribution in [0.1, 0.15) is 34.9 Å². The highest BCUT2D eigenvalue weighted by Gasteiger charge is 2.64. The normalized spacial score (nSPS) is 21.2. The minimum Gasteiger partial charge on any atom is -0.352 e. The van der Waals surface area contributed by atoms with E-state index in [-0.39, 0.29) is 28.8 Å². The van der Waals surface area contributed by atoms with E-state index in [9.17, 15) is 13.6 Å². The Bertz CT molecular complexity index is 1230. The van der Waals surface area contributed by atoms with Crippen molar-refractivity contribution in [3.8, 4) is 0 Å².